The minimum atomic E-state index is -4.67. The molecule has 1 N–H and O–H groups in total. The maximum absolute atomic E-state index is 12.9. The van der Waals surface area contributed by atoms with Crippen molar-refractivity contribution >= 4 is 27.5 Å². The third-order valence-corrected chi connectivity index (χ3v) is 3.01. The maximum Gasteiger partial charge on any atom is 0.417 e. The van der Waals surface area contributed by atoms with Crippen LogP contribution >= 0.6 is 15.9 Å². The van der Waals surface area contributed by atoms with E-state index in [0.29, 0.717) is 0 Å². The molecule has 1 aromatic carbocycles. The zero-order valence-electron chi connectivity index (χ0n) is 10.2. The molecular weight excluding hydrogens is 356 g/mol. The molecule has 2 rings (SSSR count). The summed E-state index contributed by atoms with van der Waals surface area (Å²) in [6.07, 6.45) is -3.66. The molecule has 0 saturated heterocycles. The van der Waals surface area contributed by atoms with E-state index in [1.807, 2.05) is 0 Å². The van der Waals surface area contributed by atoms with Crippen molar-refractivity contribution in [1.82, 2.24) is 4.98 Å². The summed E-state index contributed by atoms with van der Waals surface area (Å²) in [5.41, 5.74) is -1.50. The Morgan fingerprint density at radius 2 is 1.90 bits per heavy atom. The minimum absolute atomic E-state index is 0.0949. The van der Waals surface area contributed by atoms with Crippen molar-refractivity contribution < 1.29 is 22.4 Å². The number of aromatic nitrogens is 1. The highest BCUT2D eigenvalue weighted by Crippen LogP contribution is 2.34. The van der Waals surface area contributed by atoms with Crippen LogP contribution in [0.1, 0.15) is 15.9 Å². The predicted molar refractivity (Wildman–Crippen MR) is 71.3 cm³/mol. The number of anilines is 1. The van der Waals surface area contributed by atoms with E-state index in [1.54, 1.807) is 0 Å². The molecule has 0 aliphatic heterocycles. The van der Waals surface area contributed by atoms with Crippen LogP contribution in [0.4, 0.5) is 23.2 Å². The molecule has 3 nitrogen and oxygen atoms in total. The normalized spacial score (nSPS) is 11.3. The number of nitrogens with one attached hydrogen (secondary N) is 1. The summed E-state index contributed by atoms with van der Waals surface area (Å²) in [4.78, 5) is 15.2. The van der Waals surface area contributed by atoms with Gasteiger partial charge in [0, 0.05) is 4.47 Å². The lowest BCUT2D eigenvalue weighted by atomic mass is 10.1. The topological polar surface area (TPSA) is 42.0 Å². The van der Waals surface area contributed by atoms with Crippen LogP contribution in [0.2, 0.25) is 0 Å². The molecule has 0 unspecified atom stereocenters. The van der Waals surface area contributed by atoms with Crippen LogP contribution in [-0.4, -0.2) is 10.9 Å². The van der Waals surface area contributed by atoms with Crippen LogP contribution in [-0.2, 0) is 6.18 Å². The summed E-state index contributed by atoms with van der Waals surface area (Å²) < 4.78 is 51.6. The average Bonchev–Trinajstić information content (AvgIpc) is 2.40. The molecule has 0 bridgehead atoms. The van der Waals surface area contributed by atoms with Crippen LogP contribution in [0.25, 0.3) is 0 Å². The summed E-state index contributed by atoms with van der Waals surface area (Å²) in [7, 11) is 0. The van der Waals surface area contributed by atoms with Gasteiger partial charge in [-0.3, -0.25) is 4.79 Å². The Kier molecular flexibility index (Phi) is 4.26. The van der Waals surface area contributed by atoms with Gasteiger partial charge in [0.05, 0.1) is 23.0 Å². The predicted octanol–water partition coefficient (Wildman–Crippen LogP) is 4.25. The molecule has 0 atom stereocenters. The van der Waals surface area contributed by atoms with Crippen LogP contribution in [0, 0.1) is 5.95 Å². The van der Waals surface area contributed by atoms with E-state index in [2.05, 4.69) is 26.2 Å². The largest absolute Gasteiger partial charge is 0.417 e. The van der Waals surface area contributed by atoms with E-state index in [4.69, 9.17) is 0 Å². The highest BCUT2D eigenvalue weighted by Gasteiger charge is 2.35. The molecule has 110 valence electrons. The van der Waals surface area contributed by atoms with Crippen molar-refractivity contribution in [2.45, 2.75) is 6.18 Å². The third kappa shape index (κ3) is 3.78. The molecule has 0 fully saturated rings. The molecular formula is C13H7BrF4N2O. The molecule has 0 aliphatic rings. The molecule has 1 heterocycles. The lowest BCUT2D eigenvalue weighted by Gasteiger charge is -2.13. The van der Waals surface area contributed by atoms with Gasteiger partial charge in [0.15, 0.2) is 0 Å². The van der Waals surface area contributed by atoms with Crippen molar-refractivity contribution in [2.24, 2.45) is 0 Å². The molecule has 2 aromatic rings. The zero-order chi connectivity index (χ0) is 15.6. The maximum atomic E-state index is 12.9. The molecule has 0 saturated carbocycles. The Bertz CT molecular complexity index is 671. The van der Waals surface area contributed by atoms with Gasteiger partial charge in [0.2, 0.25) is 5.95 Å². The standard InChI is InChI=1S/C13H7BrF4N2O/c14-7-1-3-9(10(5-7)13(16,17)18)12(21)20-8-2-4-11(15)19-6-8/h1-6H,(H,20,21). The van der Waals surface area contributed by atoms with E-state index in [1.165, 1.54) is 12.1 Å². The summed E-state index contributed by atoms with van der Waals surface area (Å²) in [6.45, 7) is 0. The third-order valence-electron chi connectivity index (χ3n) is 2.52. The van der Waals surface area contributed by atoms with Crippen molar-refractivity contribution in [1.29, 1.82) is 0 Å². The second kappa shape index (κ2) is 5.80. The molecule has 1 amide bonds. The molecule has 8 heteroatoms. The second-order valence-electron chi connectivity index (χ2n) is 4.01. The fraction of sp³-hybridized carbons (Fsp3) is 0.0769. The number of benzene rings is 1. The van der Waals surface area contributed by atoms with Crippen LogP contribution in [0.3, 0.4) is 0 Å². The van der Waals surface area contributed by atoms with E-state index in [9.17, 15) is 22.4 Å². The van der Waals surface area contributed by atoms with Gasteiger partial charge in [-0.25, -0.2) is 4.98 Å². The van der Waals surface area contributed by atoms with Gasteiger partial charge < -0.3 is 5.32 Å². The van der Waals surface area contributed by atoms with Crippen molar-refractivity contribution in [3.8, 4) is 0 Å². The van der Waals surface area contributed by atoms with Crippen LogP contribution in [0.5, 0.6) is 0 Å². The van der Waals surface area contributed by atoms with Crippen LogP contribution < -0.4 is 5.32 Å². The second-order valence-corrected chi connectivity index (χ2v) is 4.93. The fourth-order valence-electron chi connectivity index (χ4n) is 1.60. The van der Waals surface area contributed by atoms with E-state index < -0.39 is 29.2 Å². The molecule has 0 spiro atoms. The summed E-state index contributed by atoms with van der Waals surface area (Å²) in [5, 5.41) is 2.23. The zero-order valence-corrected chi connectivity index (χ0v) is 11.8. The van der Waals surface area contributed by atoms with Crippen LogP contribution in [0.15, 0.2) is 41.0 Å². The Labute approximate surface area is 125 Å². The van der Waals surface area contributed by atoms with Gasteiger partial charge in [0.1, 0.15) is 0 Å². The number of rotatable bonds is 2. The molecule has 1 aromatic heterocycles. The van der Waals surface area contributed by atoms with E-state index in [0.717, 1.165) is 24.4 Å². The van der Waals surface area contributed by atoms with Gasteiger partial charge >= 0.3 is 6.18 Å². The highest BCUT2D eigenvalue weighted by molar-refractivity contribution is 9.10. The number of pyridine rings is 1. The SMILES string of the molecule is O=C(Nc1ccc(F)nc1)c1ccc(Br)cc1C(F)(F)F. The molecule has 0 radical (unpaired) electrons. The lowest BCUT2D eigenvalue weighted by molar-refractivity contribution is -0.137. The number of alkyl halides is 3. The van der Waals surface area contributed by atoms with Gasteiger partial charge in [-0.15, -0.1) is 0 Å². The van der Waals surface area contributed by atoms with Crippen molar-refractivity contribution in [3.05, 3.63) is 58.1 Å². The summed E-state index contributed by atoms with van der Waals surface area (Å²) in [5.74, 6) is -1.71. The number of amides is 1. The first kappa shape index (κ1) is 15.4. The number of halogens is 5. The first-order valence-corrected chi connectivity index (χ1v) is 6.36. The molecule has 0 aliphatic carbocycles. The smallest absolute Gasteiger partial charge is 0.321 e. The Balaban J connectivity index is 2.33. The summed E-state index contributed by atoms with van der Waals surface area (Å²) >= 11 is 2.93. The van der Waals surface area contributed by atoms with Crippen molar-refractivity contribution in [3.63, 3.8) is 0 Å². The highest BCUT2D eigenvalue weighted by atomic mass is 79.9. The first-order valence-electron chi connectivity index (χ1n) is 5.57. The number of hydrogen-bond acceptors (Lipinski definition) is 2. The Morgan fingerprint density at radius 3 is 2.48 bits per heavy atom. The summed E-state index contributed by atoms with van der Waals surface area (Å²) in [6, 6.07) is 5.39. The van der Waals surface area contributed by atoms with Gasteiger partial charge in [-0.2, -0.15) is 17.6 Å². The minimum Gasteiger partial charge on any atom is -0.321 e. The Morgan fingerprint density at radius 1 is 1.19 bits per heavy atom. The number of nitrogens with zero attached hydrogens (tertiary/aromatic N) is 1. The average molecular weight is 363 g/mol. The number of hydrogen-bond donors (Lipinski definition) is 1. The lowest BCUT2D eigenvalue weighted by Crippen LogP contribution is -2.18. The fourth-order valence-corrected chi connectivity index (χ4v) is 1.96. The quantitative estimate of drug-likeness (QED) is 0.640. The number of carbonyl (C=O) groups is 1. The van der Waals surface area contributed by atoms with E-state index in [-0.39, 0.29) is 10.2 Å². The van der Waals surface area contributed by atoms with Gasteiger partial charge in [0.25, 0.3) is 5.91 Å². The van der Waals surface area contributed by atoms with Crippen molar-refractivity contribution in [2.75, 3.05) is 5.32 Å². The van der Waals surface area contributed by atoms with Gasteiger partial charge in [-0.1, -0.05) is 15.9 Å². The number of carbonyl (C=O) groups excluding carboxylic acids is 1. The van der Waals surface area contributed by atoms with Gasteiger partial charge in [-0.05, 0) is 30.3 Å². The monoisotopic (exact) mass is 362 g/mol. The molecule has 21 heavy (non-hydrogen) atoms. The Hall–Kier alpha value is -1.96. The first-order chi connectivity index (χ1) is 9.77. The van der Waals surface area contributed by atoms with E-state index >= 15 is 0 Å².